The molecule has 0 spiro atoms. The van der Waals surface area contributed by atoms with E-state index in [4.69, 9.17) is 4.74 Å². The molecule has 0 aliphatic carbocycles. The van der Waals surface area contributed by atoms with Crippen LogP contribution in [0.1, 0.15) is 24.1 Å². The number of hydrogen-bond donors (Lipinski definition) is 1. The van der Waals surface area contributed by atoms with E-state index < -0.39 is 0 Å². The second-order valence-electron chi connectivity index (χ2n) is 6.60. The zero-order valence-electron chi connectivity index (χ0n) is 14.0. The molecule has 2 aromatic rings. The normalized spacial score (nSPS) is 18.0. The number of rotatable bonds is 2. The van der Waals surface area contributed by atoms with Gasteiger partial charge >= 0.3 is 0 Å². The molecule has 0 unspecified atom stereocenters. The number of nitrogens with one attached hydrogen (secondary N) is 1. The standard InChI is InChI=1S/C19H21N3O3/c23-18-15-6-9-22(19(24)14-7-10-25-11-8-14)12-16(15)20-17(21-18)13-4-2-1-3-5-13/h1-5,14H,6-12H2,(H,20,21,23). The molecule has 0 radical (unpaired) electrons. The number of nitrogens with zero attached hydrogens (tertiary/aromatic N) is 2. The Morgan fingerprint density at radius 3 is 2.72 bits per heavy atom. The molecule has 1 N–H and O–H groups in total. The van der Waals surface area contributed by atoms with Crippen LogP contribution in [-0.2, 0) is 22.5 Å². The smallest absolute Gasteiger partial charge is 0.254 e. The monoisotopic (exact) mass is 339 g/mol. The summed E-state index contributed by atoms with van der Waals surface area (Å²) in [4.78, 5) is 34.5. The molecule has 1 amide bonds. The van der Waals surface area contributed by atoms with Crippen molar-refractivity contribution >= 4 is 5.91 Å². The Hall–Kier alpha value is -2.47. The molecule has 3 heterocycles. The number of aromatic amines is 1. The predicted octanol–water partition coefficient (Wildman–Crippen LogP) is 1.75. The van der Waals surface area contributed by atoms with Gasteiger partial charge in [-0.05, 0) is 19.3 Å². The minimum Gasteiger partial charge on any atom is -0.381 e. The van der Waals surface area contributed by atoms with Crippen molar-refractivity contribution in [3.05, 3.63) is 51.9 Å². The summed E-state index contributed by atoms with van der Waals surface area (Å²) >= 11 is 0. The van der Waals surface area contributed by atoms with Crippen LogP contribution in [0.5, 0.6) is 0 Å². The van der Waals surface area contributed by atoms with Crippen LogP contribution in [0.25, 0.3) is 11.4 Å². The van der Waals surface area contributed by atoms with Crippen LogP contribution < -0.4 is 5.56 Å². The summed E-state index contributed by atoms with van der Waals surface area (Å²) in [6.07, 6.45) is 2.11. The van der Waals surface area contributed by atoms with Crippen molar-refractivity contribution < 1.29 is 9.53 Å². The average Bonchev–Trinajstić information content (AvgIpc) is 2.68. The molecule has 1 aromatic heterocycles. The number of fused-ring (bicyclic) bond motifs is 1. The Morgan fingerprint density at radius 1 is 1.20 bits per heavy atom. The molecule has 2 aliphatic heterocycles. The highest BCUT2D eigenvalue weighted by molar-refractivity contribution is 5.79. The Morgan fingerprint density at radius 2 is 1.96 bits per heavy atom. The van der Waals surface area contributed by atoms with Crippen molar-refractivity contribution in [1.82, 2.24) is 14.9 Å². The molecule has 130 valence electrons. The van der Waals surface area contributed by atoms with Gasteiger partial charge in [0.25, 0.3) is 5.56 Å². The average molecular weight is 339 g/mol. The molecule has 25 heavy (non-hydrogen) atoms. The van der Waals surface area contributed by atoms with Crippen molar-refractivity contribution in [3.8, 4) is 11.4 Å². The van der Waals surface area contributed by atoms with Gasteiger partial charge in [-0.15, -0.1) is 0 Å². The third kappa shape index (κ3) is 3.22. The van der Waals surface area contributed by atoms with Crippen molar-refractivity contribution in [1.29, 1.82) is 0 Å². The third-order valence-corrected chi connectivity index (χ3v) is 5.00. The first-order valence-corrected chi connectivity index (χ1v) is 8.76. The molecule has 2 aliphatic rings. The molecule has 1 saturated heterocycles. The van der Waals surface area contributed by atoms with E-state index in [0.29, 0.717) is 49.8 Å². The molecule has 0 bridgehead atoms. The Kier molecular flexibility index (Phi) is 4.36. The summed E-state index contributed by atoms with van der Waals surface area (Å²) < 4.78 is 5.35. The molecule has 4 rings (SSSR count). The van der Waals surface area contributed by atoms with E-state index >= 15 is 0 Å². The first kappa shape index (κ1) is 16.0. The summed E-state index contributed by atoms with van der Waals surface area (Å²) in [5.74, 6) is 0.757. The number of hydrogen-bond acceptors (Lipinski definition) is 4. The van der Waals surface area contributed by atoms with E-state index in [9.17, 15) is 9.59 Å². The van der Waals surface area contributed by atoms with Gasteiger partial charge in [0, 0.05) is 36.8 Å². The Bertz CT molecular complexity index is 826. The quantitative estimate of drug-likeness (QED) is 0.904. The molecule has 1 fully saturated rings. The summed E-state index contributed by atoms with van der Waals surface area (Å²) in [6, 6.07) is 9.58. The van der Waals surface area contributed by atoms with Gasteiger partial charge in [-0.3, -0.25) is 9.59 Å². The van der Waals surface area contributed by atoms with Crippen LogP contribution in [0, 0.1) is 5.92 Å². The first-order chi connectivity index (χ1) is 12.2. The number of amides is 1. The number of carbonyl (C=O) groups excluding carboxylic acids is 1. The van der Waals surface area contributed by atoms with Crippen LogP contribution in [0.2, 0.25) is 0 Å². The number of aromatic nitrogens is 2. The largest absolute Gasteiger partial charge is 0.381 e. The van der Waals surface area contributed by atoms with Gasteiger partial charge in [0.1, 0.15) is 5.82 Å². The molecule has 0 atom stereocenters. The number of H-pyrrole nitrogens is 1. The first-order valence-electron chi connectivity index (χ1n) is 8.76. The van der Waals surface area contributed by atoms with Crippen molar-refractivity contribution in [3.63, 3.8) is 0 Å². The highest BCUT2D eigenvalue weighted by Gasteiger charge is 2.30. The van der Waals surface area contributed by atoms with Gasteiger partial charge in [-0.25, -0.2) is 4.98 Å². The lowest BCUT2D eigenvalue weighted by atomic mass is 9.97. The van der Waals surface area contributed by atoms with Gasteiger partial charge in [0.2, 0.25) is 5.91 Å². The molecule has 6 nitrogen and oxygen atoms in total. The highest BCUT2D eigenvalue weighted by atomic mass is 16.5. The van der Waals surface area contributed by atoms with Gasteiger partial charge in [0.15, 0.2) is 0 Å². The van der Waals surface area contributed by atoms with Gasteiger partial charge in [0.05, 0.1) is 12.2 Å². The lowest BCUT2D eigenvalue weighted by molar-refractivity contribution is -0.139. The fourth-order valence-corrected chi connectivity index (χ4v) is 3.56. The van der Waals surface area contributed by atoms with Crippen LogP contribution in [0.15, 0.2) is 35.1 Å². The number of benzene rings is 1. The zero-order chi connectivity index (χ0) is 17.2. The zero-order valence-corrected chi connectivity index (χ0v) is 14.0. The highest BCUT2D eigenvalue weighted by Crippen LogP contribution is 2.23. The van der Waals surface area contributed by atoms with Crippen molar-refractivity contribution in [2.75, 3.05) is 19.8 Å². The van der Waals surface area contributed by atoms with E-state index in [2.05, 4.69) is 9.97 Å². The third-order valence-electron chi connectivity index (χ3n) is 5.00. The van der Waals surface area contributed by atoms with Crippen LogP contribution in [0.3, 0.4) is 0 Å². The molecule has 6 heteroatoms. The maximum atomic E-state index is 12.8. The second kappa shape index (κ2) is 6.80. The summed E-state index contributed by atoms with van der Waals surface area (Å²) in [5, 5.41) is 0. The lowest BCUT2D eigenvalue weighted by Gasteiger charge is -2.32. The fourth-order valence-electron chi connectivity index (χ4n) is 3.56. The number of carbonyl (C=O) groups is 1. The fraction of sp³-hybridized carbons (Fsp3) is 0.421. The van der Waals surface area contributed by atoms with Crippen molar-refractivity contribution in [2.45, 2.75) is 25.8 Å². The lowest BCUT2D eigenvalue weighted by Crippen LogP contribution is -2.43. The second-order valence-corrected chi connectivity index (χ2v) is 6.60. The molecule has 0 saturated carbocycles. The van der Waals surface area contributed by atoms with E-state index in [1.807, 2.05) is 35.2 Å². The van der Waals surface area contributed by atoms with Crippen LogP contribution in [0.4, 0.5) is 0 Å². The summed E-state index contributed by atoms with van der Waals surface area (Å²) in [7, 11) is 0. The summed E-state index contributed by atoms with van der Waals surface area (Å²) in [6.45, 7) is 2.29. The van der Waals surface area contributed by atoms with Gasteiger partial charge in [-0.2, -0.15) is 0 Å². The molecule has 1 aromatic carbocycles. The van der Waals surface area contributed by atoms with E-state index in [-0.39, 0.29) is 17.4 Å². The predicted molar refractivity (Wildman–Crippen MR) is 93.0 cm³/mol. The number of ether oxygens (including phenoxy) is 1. The molecular formula is C19H21N3O3. The maximum absolute atomic E-state index is 12.8. The Balaban J connectivity index is 1.60. The van der Waals surface area contributed by atoms with Gasteiger partial charge < -0.3 is 14.6 Å². The van der Waals surface area contributed by atoms with Crippen LogP contribution >= 0.6 is 0 Å². The summed E-state index contributed by atoms with van der Waals surface area (Å²) in [5.41, 5.74) is 2.20. The minimum atomic E-state index is -0.0954. The maximum Gasteiger partial charge on any atom is 0.254 e. The van der Waals surface area contributed by atoms with E-state index in [1.165, 1.54) is 0 Å². The van der Waals surface area contributed by atoms with Gasteiger partial charge in [-0.1, -0.05) is 30.3 Å². The topological polar surface area (TPSA) is 75.3 Å². The SMILES string of the molecule is O=C(C1CCOCC1)N1CCc2c(nc(-c3ccccc3)[nH]c2=O)C1. The minimum absolute atomic E-state index is 0.0332. The molecular weight excluding hydrogens is 318 g/mol. The van der Waals surface area contributed by atoms with E-state index in [1.54, 1.807) is 0 Å². The van der Waals surface area contributed by atoms with Crippen molar-refractivity contribution in [2.24, 2.45) is 5.92 Å². The van der Waals surface area contributed by atoms with Crippen LogP contribution in [-0.4, -0.2) is 40.5 Å². The van der Waals surface area contributed by atoms with E-state index in [0.717, 1.165) is 18.4 Å². The Labute approximate surface area is 145 Å².